The molecule has 0 unspecified atom stereocenters. The molecule has 7 heteroatoms. The van der Waals surface area contributed by atoms with E-state index in [0.717, 1.165) is 14.6 Å². The highest BCUT2D eigenvalue weighted by molar-refractivity contribution is 14.1. The van der Waals surface area contributed by atoms with Crippen molar-refractivity contribution in [1.82, 2.24) is 14.5 Å². The number of aryl methyl sites for hydroxylation is 1. The van der Waals surface area contributed by atoms with Gasteiger partial charge in [0.2, 0.25) is 0 Å². The maximum atomic E-state index is 11.6. The van der Waals surface area contributed by atoms with Gasteiger partial charge in [-0.15, -0.1) is 0 Å². The summed E-state index contributed by atoms with van der Waals surface area (Å²) in [5, 5.41) is 0.837. The number of rotatable bonds is 5. The average molecular weight is 388 g/mol. The van der Waals surface area contributed by atoms with E-state index in [9.17, 15) is 4.79 Å². The molecule has 108 valence electrons. The van der Waals surface area contributed by atoms with Crippen molar-refractivity contribution >= 4 is 45.4 Å². The third-order valence-corrected chi connectivity index (χ3v) is 3.59. The molecule has 0 bridgehead atoms. The highest BCUT2D eigenvalue weighted by Crippen LogP contribution is 2.25. The van der Waals surface area contributed by atoms with Crippen LogP contribution in [0.2, 0.25) is 0 Å². The lowest BCUT2D eigenvalue weighted by Gasteiger charge is -2.08. The van der Waals surface area contributed by atoms with Crippen molar-refractivity contribution in [3.63, 3.8) is 0 Å². The van der Waals surface area contributed by atoms with Crippen LogP contribution in [-0.4, -0.2) is 27.1 Å². The van der Waals surface area contributed by atoms with Crippen molar-refractivity contribution in [2.45, 2.75) is 26.8 Å². The van der Waals surface area contributed by atoms with Crippen LogP contribution in [0.5, 0.6) is 0 Å². The summed E-state index contributed by atoms with van der Waals surface area (Å²) >= 11 is 2.19. The molecule has 2 N–H and O–H groups in total. The van der Waals surface area contributed by atoms with Crippen LogP contribution in [0.3, 0.4) is 0 Å². The van der Waals surface area contributed by atoms with E-state index in [0.29, 0.717) is 31.3 Å². The van der Waals surface area contributed by atoms with Crippen molar-refractivity contribution in [2.75, 3.05) is 12.3 Å². The standard InChI is InChI=1S/C13H17IN4O2/c1-8(2)6-20-10(19)3-4-18-5-9(14)11-12(15)16-7-17-13(11)18/h5,7-8H,3-4,6H2,1-2H3,(H2,15,16,17). The third kappa shape index (κ3) is 3.38. The summed E-state index contributed by atoms with van der Waals surface area (Å²) in [6.07, 6.45) is 3.67. The molecule has 0 aliphatic rings. The van der Waals surface area contributed by atoms with Gasteiger partial charge in [-0.05, 0) is 28.5 Å². The summed E-state index contributed by atoms with van der Waals surface area (Å²) in [5.41, 5.74) is 6.60. The molecule has 0 spiro atoms. The lowest BCUT2D eigenvalue weighted by Crippen LogP contribution is -2.12. The molecule has 2 aromatic rings. The van der Waals surface area contributed by atoms with Gasteiger partial charge in [0.15, 0.2) is 0 Å². The molecule has 20 heavy (non-hydrogen) atoms. The van der Waals surface area contributed by atoms with Gasteiger partial charge in [-0.25, -0.2) is 9.97 Å². The molecule has 0 amide bonds. The van der Waals surface area contributed by atoms with Gasteiger partial charge in [0.1, 0.15) is 17.8 Å². The number of hydrogen-bond acceptors (Lipinski definition) is 5. The Morgan fingerprint density at radius 1 is 1.50 bits per heavy atom. The van der Waals surface area contributed by atoms with Crippen LogP contribution in [0, 0.1) is 9.49 Å². The lowest BCUT2D eigenvalue weighted by atomic mass is 10.2. The van der Waals surface area contributed by atoms with Crippen LogP contribution in [0.15, 0.2) is 12.5 Å². The number of hydrogen-bond donors (Lipinski definition) is 1. The molecule has 0 aliphatic heterocycles. The van der Waals surface area contributed by atoms with E-state index in [1.165, 1.54) is 6.33 Å². The first-order valence-electron chi connectivity index (χ1n) is 6.39. The molecule has 2 rings (SSSR count). The number of carbonyl (C=O) groups excluding carboxylic acids is 1. The largest absolute Gasteiger partial charge is 0.465 e. The Kier molecular flexibility index (Phi) is 4.79. The topological polar surface area (TPSA) is 83.0 Å². The summed E-state index contributed by atoms with van der Waals surface area (Å²) in [7, 11) is 0. The van der Waals surface area contributed by atoms with Crippen LogP contribution in [0.25, 0.3) is 11.0 Å². The number of fused-ring (bicyclic) bond motifs is 1. The summed E-state index contributed by atoms with van der Waals surface area (Å²) < 4.78 is 8.04. The van der Waals surface area contributed by atoms with Crippen LogP contribution in [-0.2, 0) is 16.1 Å². The first-order chi connectivity index (χ1) is 9.49. The van der Waals surface area contributed by atoms with Crippen molar-refractivity contribution in [2.24, 2.45) is 5.92 Å². The minimum atomic E-state index is -0.197. The fourth-order valence-electron chi connectivity index (χ4n) is 1.81. The SMILES string of the molecule is CC(C)COC(=O)CCn1cc(I)c2c(N)ncnc21. The molecular weight excluding hydrogens is 371 g/mol. The number of nitrogen functional groups attached to an aromatic ring is 1. The second kappa shape index (κ2) is 6.38. The zero-order valence-corrected chi connectivity index (χ0v) is 13.6. The molecule has 0 atom stereocenters. The molecule has 0 aliphatic carbocycles. The third-order valence-electron chi connectivity index (χ3n) is 2.77. The van der Waals surface area contributed by atoms with Gasteiger partial charge < -0.3 is 15.0 Å². The number of esters is 1. The first-order valence-corrected chi connectivity index (χ1v) is 7.47. The molecule has 6 nitrogen and oxygen atoms in total. The van der Waals surface area contributed by atoms with Gasteiger partial charge in [0.25, 0.3) is 0 Å². The van der Waals surface area contributed by atoms with Gasteiger partial charge in [0.05, 0.1) is 18.4 Å². The highest BCUT2D eigenvalue weighted by Gasteiger charge is 2.13. The van der Waals surface area contributed by atoms with Crippen LogP contribution < -0.4 is 5.73 Å². The molecule has 0 radical (unpaired) electrons. The van der Waals surface area contributed by atoms with E-state index in [2.05, 4.69) is 32.6 Å². The van der Waals surface area contributed by atoms with E-state index in [-0.39, 0.29) is 5.97 Å². The minimum absolute atomic E-state index is 0.197. The van der Waals surface area contributed by atoms with Crippen molar-refractivity contribution in [3.8, 4) is 0 Å². The lowest BCUT2D eigenvalue weighted by molar-refractivity contribution is -0.144. The van der Waals surface area contributed by atoms with Crippen molar-refractivity contribution in [3.05, 3.63) is 16.1 Å². The fraction of sp³-hybridized carbons (Fsp3) is 0.462. The van der Waals surface area contributed by atoms with E-state index >= 15 is 0 Å². The van der Waals surface area contributed by atoms with Gasteiger partial charge in [-0.2, -0.15) is 0 Å². The molecule has 0 aromatic carbocycles. The van der Waals surface area contributed by atoms with Gasteiger partial charge >= 0.3 is 5.97 Å². The quantitative estimate of drug-likeness (QED) is 0.627. The molecule has 0 fully saturated rings. The Labute approximate surface area is 130 Å². The Bertz CT molecular complexity index is 624. The Morgan fingerprint density at radius 3 is 2.95 bits per heavy atom. The number of nitrogens with zero attached hydrogens (tertiary/aromatic N) is 3. The second-order valence-electron chi connectivity index (χ2n) is 4.95. The molecule has 2 heterocycles. The monoisotopic (exact) mass is 388 g/mol. The van der Waals surface area contributed by atoms with Crippen molar-refractivity contribution < 1.29 is 9.53 Å². The predicted octanol–water partition coefficient (Wildman–Crippen LogP) is 2.21. The van der Waals surface area contributed by atoms with Gasteiger partial charge in [-0.1, -0.05) is 13.8 Å². The number of halogens is 1. The fourth-order valence-corrected chi connectivity index (χ4v) is 2.67. The van der Waals surface area contributed by atoms with E-state index in [1.807, 2.05) is 24.6 Å². The zero-order valence-electron chi connectivity index (χ0n) is 11.5. The molecule has 0 saturated carbocycles. The van der Waals surface area contributed by atoms with E-state index in [4.69, 9.17) is 10.5 Å². The Balaban J connectivity index is 2.07. The Hall–Kier alpha value is -1.38. The summed E-state index contributed by atoms with van der Waals surface area (Å²) in [5.74, 6) is 0.609. The minimum Gasteiger partial charge on any atom is -0.465 e. The van der Waals surface area contributed by atoms with Crippen molar-refractivity contribution in [1.29, 1.82) is 0 Å². The maximum Gasteiger partial charge on any atom is 0.307 e. The number of aromatic nitrogens is 3. The summed E-state index contributed by atoms with van der Waals surface area (Å²) in [6.45, 7) is 4.99. The predicted molar refractivity (Wildman–Crippen MR) is 85.1 cm³/mol. The summed E-state index contributed by atoms with van der Waals surface area (Å²) in [6, 6.07) is 0. The molecule has 0 saturated heterocycles. The summed E-state index contributed by atoms with van der Waals surface area (Å²) in [4.78, 5) is 19.8. The normalized spacial score (nSPS) is 11.2. The second-order valence-corrected chi connectivity index (χ2v) is 6.12. The number of carbonyl (C=O) groups is 1. The number of ether oxygens (including phenoxy) is 1. The van der Waals surface area contributed by atoms with Gasteiger partial charge in [0, 0.05) is 16.3 Å². The zero-order chi connectivity index (χ0) is 14.7. The first kappa shape index (κ1) is 15.0. The molecular formula is C13H17IN4O2. The van der Waals surface area contributed by atoms with Crippen LogP contribution in [0.1, 0.15) is 20.3 Å². The number of nitrogens with two attached hydrogens (primary N) is 1. The molecule has 2 aromatic heterocycles. The Morgan fingerprint density at radius 2 is 2.25 bits per heavy atom. The maximum absolute atomic E-state index is 11.6. The average Bonchev–Trinajstić information content (AvgIpc) is 2.72. The van der Waals surface area contributed by atoms with E-state index < -0.39 is 0 Å². The van der Waals surface area contributed by atoms with Crippen LogP contribution in [0.4, 0.5) is 5.82 Å². The smallest absolute Gasteiger partial charge is 0.307 e. The highest BCUT2D eigenvalue weighted by atomic mass is 127. The van der Waals surface area contributed by atoms with E-state index in [1.54, 1.807) is 0 Å². The van der Waals surface area contributed by atoms with Crippen LogP contribution >= 0.6 is 22.6 Å². The number of anilines is 1. The van der Waals surface area contributed by atoms with Gasteiger partial charge in [-0.3, -0.25) is 4.79 Å².